The van der Waals surface area contributed by atoms with Crippen LogP contribution >= 0.6 is 15.9 Å². The van der Waals surface area contributed by atoms with Crippen molar-refractivity contribution in [2.45, 2.75) is 33.1 Å². The summed E-state index contributed by atoms with van der Waals surface area (Å²) in [5, 5.41) is 0. The predicted octanol–water partition coefficient (Wildman–Crippen LogP) is 4.04. The second-order valence-electron chi connectivity index (χ2n) is 5.09. The summed E-state index contributed by atoms with van der Waals surface area (Å²) in [6, 6.07) is 5.11. The number of benzene rings is 1. The molecular weight excluding hydrogens is 364 g/mol. The van der Waals surface area contributed by atoms with Crippen molar-refractivity contribution in [2.75, 3.05) is 13.7 Å². The summed E-state index contributed by atoms with van der Waals surface area (Å²) in [5.41, 5.74) is 1.09. The Kier molecular flexibility index (Phi) is 8.40. The Balaban J connectivity index is 2.35. The first-order valence-corrected chi connectivity index (χ1v) is 8.05. The van der Waals surface area contributed by atoms with E-state index in [0.717, 1.165) is 10.0 Å². The van der Waals surface area contributed by atoms with Crippen molar-refractivity contribution in [2.24, 2.45) is 0 Å². The molecule has 5 nitrogen and oxygen atoms in total. The summed E-state index contributed by atoms with van der Waals surface area (Å²) in [5.74, 6) is 0.0833. The van der Waals surface area contributed by atoms with Crippen molar-refractivity contribution in [3.05, 3.63) is 34.3 Å². The molecule has 0 aliphatic heterocycles. The maximum atomic E-state index is 11.8. The minimum absolute atomic E-state index is 0.136. The first-order valence-electron chi connectivity index (χ1n) is 7.25. The topological polar surface area (TPSA) is 61.8 Å². The van der Waals surface area contributed by atoms with E-state index in [1.807, 2.05) is 19.9 Å². The van der Waals surface area contributed by atoms with Gasteiger partial charge in [0.15, 0.2) is 11.5 Å². The molecule has 0 radical (unpaired) electrons. The van der Waals surface area contributed by atoms with Crippen molar-refractivity contribution in [3.63, 3.8) is 0 Å². The largest absolute Gasteiger partial charge is 0.493 e. The molecule has 1 aromatic carbocycles. The van der Waals surface area contributed by atoms with Gasteiger partial charge in [-0.15, -0.1) is 0 Å². The number of hydrogen-bond donors (Lipinski definition) is 0. The first kappa shape index (κ1) is 19.2. The number of methoxy groups -OCH3 is 1. The molecule has 0 spiro atoms. The van der Waals surface area contributed by atoms with Gasteiger partial charge in [-0.1, -0.05) is 21.5 Å². The van der Waals surface area contributed by atoms with E-state index >= 15 is 0 Å². The molecule has 1 aromatic rings. The number of halogens is 1. The molecule has 0 heterocycles. The molecule has 0 unspecified atom stereocenters. The van der Waals surface area contributed by atoms with Crippen molar-refractivity contribution in [1.82, 2.24) is 0 Å². The second kappa shape index (κ2) is 10.0. The highest BCUT2D eigenvalue weighted by atomic mass is 79.9. The molecule has 0 bridgehead atoms. The highest BCUT2D eigenvalue weighted by Gasteiger charge is 2.11. The fourth-order valence-corrected chi connectivity index (χ4v) is 1.99. The van der Waals surface area contributed by atoms with Crippen LogP contribution in [0.25, 0.3) is 0 Å². The third-order valence-electron chi connectivity index (χ3n) is 2.85. The number of rotatable bonds is 8. The van der Waals surface area contributed by atoms with Gasteiger partial charge in [0, 0.05) is 17.3 Å². The Morgan fingerprint density at radius 2 is 1.83 bits per heavy atom. The molecule has 1 rings (SSSR count). The van der Waals surface area contributed by atoms with Gasteiger partial charge < -0.3 is 14.2 Å². The summed E-state index contributed by atoms with van der Waals surface area (Å²) >= 11 is 3.31. The number of hydrogen-bond acceptors (Lipinski definition) is 5. The van der Waals surface area contributed by atoms with Crippen LogP contribution in [0.4, 0.5) is 0 Å². The lowest BCUT2D eigenvalue weighted by molar-refractivity contribution is -0.142. The van der Waals surface area contributed by atoms with Crippen LogP contribution in [0.3, 0.4) is 0 Å². The number of ether oxygens (including phenoxy) is 3. The average Bonchev–Trinajstić information content (AvgIpc) is 2.48. The first-order chi connectivity index (χ1) is 10.9. The molecular formula is C17H21BrO5. The van der Waals surface area contributed by atoms with Gasteiger partial charge in [-0.05, 0) is 44.5 Å². The van der Waals surface area contributed by atoms with E-state index in [9.17, 15) is 9.59 Å². The smallest absolute Gasteiger partial charge is 0.311 e. The minimum atomic E-state index is -0.414. The van der Waals surface area contributed by atoms with Crippen LogP contribution in [0.15, 0.2) is 34.3 Å². The molecule has 0 aliphatic carbocycles. The van der Waals surface area contributed by atoms with Crippen LogP contribution in [-0.4, -0.2) is 25.7 Å². The lowest BCUT2D eigenvalue weighted by Gasteiger charge is -2.09. The maximum absolute atomic E-state index is 11.8. The summed E-state index contributed by atoms with van der Waals surface area (Å²) in [6.45, 7) is 4.13. The van der Waals surface area contributed by atoms with E-state index in [0.29, 0.717) is 17.9 Å². The predicted molar refractivity (Wildman–Crippen MR) is 90.6 cm³/mol. The van der Waals surface area contributed by atoms with Crippen molar-refractivity contribution in [3.8, 4) is 11.5 Å². The summed E-state index contributed by atoms with van der Waals surface area (Å²) in [4.78, 5) is 23.3. The zero-order chi connectivity index (χ0) is 17.2. The highest BCUT2D eigenvalue weighted by molar-refractivity contribution is 9.10. The quantitative estimate of drug-likeness (QED) is 0.384. The second-order valence-corrected chi connectivity index (χ2v) is 6.00. The van der Waals surface area contributed by atoms with Crippen LogP contribution in [0, 0.1) is 0 Å². The number of allylic oxidation sites excluding steroid dienone is 1. The van der Waals surface area contributed by atoms with Crippen LogP contribution in [0.5, 0.6) is 11.5 Å². The molecule has 126 valence electrons. The third kappa shape index (κ3) is 7.83. The zero-order valence-electron chi connectivity index (χ0n) is 13.6. The highest BCUT2D eigenvalue weighted by Crippen LogP contribution is 2.30. The molecule has 0 saturated carbocycles. The standard InChI is InChI=1S/C17H21BrO5/c1-12(2)9-10-22-16(19)5-4-6-17(20)23-14-8-7-13(18)11-15(14)21-3/h7-9,11H,4-6,10H2,1-3H3. The molecule has 6 heteroatoms. The van der Waals surface area contributed by atoms with Gasteiger partial charge in [-0.3, -0.25) is 9.59 Å². The Hall–Kier alpha value is -1.82. The van der Waals surface area contributed by atoms with Gasteiger partial charge in [0.2, 0.25) is 0 Å². The maximum Gasteiger partial charge on any atom is 0.311 e. The molecule has 0 aliphatic rings. The van der Waals surface area contributed by atoms with E-state index in [2.05, 4.69) is 15.9 Å². The molecule has 23 heavy (non-hydrogen) atoms. The van der Waals surface area contributed by atoms with Crippen LogP contribution in [0.2, 0.25) is 0 Å². The van der Waals surface area contributed by atoms with Crippen molar-refractivity contribution < 1.29 is 23.8 Å². The Morgan fingerprint density at radius 1 is 1.13 bits per heavy atom. The van der Waals surface area contributed by atoms with Gasteiger partial charge in [-0.25, -0.2) is 0 Å². The Bertz CT molecular complexity index is 576. The molecule has 0 amide bonds. The van der Waals surface area contributed by atoms with Gasteiger partial charge in [0.1, 0.15) is 6.61 Å². The molecule has 0 N–H and O–H groups in total. The molecule has 0 atom stereocenters. The molecule has 0 aromatic heterocycles. The minimum Gasteiger partial charge on any atom is -0.493 e. The Morgan fingerprint density at radius 3 is 2.48 bits per heavy atom. The van der Waals surface area contributed by atoms with Crippen molar-refractivity contribution >= 4 is 27.9 Å². The summed E-state index contributed by atoms with van der Waals surface area (Å²) in [6.07, 6.45) is 2.53. The molecule has 0 fully saturated rings. The van der Waals surface area contributed by atoms with Crippen LogP contribution < -0.4 is 9.47 Å². The third-order valence-corrected chi connectivity index (χ3v) is 3.34. The van der Waals surface area contributed by atoms with Crippen LogP contribution in [-0.2, 0) is 14.3 Å². The summed E-state index contributed by atoms with van der Waals surface area (Å²) < 4.78 is 16.2. The van der Waals surface area contributed by atoms with E-state index < -0.39 is 5.97 Å². The van der Waals surface area contributed by atoms with E-state index in [-0.39, 0.29) is 25.4 Å². The fourth-order valence-electron chi connectivity index (χ4n) is 1.65. The van der Waals surface area contributed by atoms with Gasteiger partial charge in [0.05, 0.1) is 7.11 Å². The van der Waals surface area contributed by atoms with E-state index in [1.54, 1.807) is 18.2 Å². The number of esters is 2. The van der Waals surface area contributed by atoms with Crippen LogP contribution in [0.1, 0.15) is 33.1 Å². The lowest BCUT2D eigenvalue weighted by atomic mass is 10.2. The SMILES string of the molecule is COc1cc(Br)ccc1OC(=O)CCCC(=O)OCC=C(C)C. The number of carbonyl (C=O) groups excluding carboxylic acids is 2. The van der Waals surface area contributed by atoms with E-state index in [4.69, 9.17) is 14.2 Å². The Labute approximate surface area is 144 Å². The molecule has 0 saturated heterocycles. The van der Waals surface area contributed by atoms with E-state index in [1.165, 1.54) is 7.11 Å². The van der Waals surface area contributed by atoms with Crippen molar-refractivity contribution in [1.29, 1.82) is 0 Å². The normalized spacial score (nSPS) is 9.91. The number of carbonyl (C=O) groups is 2. The summed E-state index contributed by atoms with van der Waals surface area (Å²) in [7, 11) is 1.50. The van der Waals surface area contributed by atoms with Gasteiger partial charge in [-0.2, -0.15) is 0 Å². The van der Waals surface area contributed by atoms with Gasteiger partial charge in [0.25, 0.3) is 0 Å². The van der Waals surface area contributed by atoms with Gasteiger partial charge >= 0.3 is 11.9 Å². The average molecular weight is 385 g/mol. The zero-order valence-corrected chi connectivity index (χ0v) is 15.1. The lowest BCUT2D eigenvalue weighted by Crippen LogP contribution is -2.10. The monoisotopic (exact) mass is 384 g/mol. The fraction of sp³-hybridized carbons (Fsp3) is 0.412.